The molecular weight excluding hydrogens is 530 g/mol. The number of carbonyl (C=O) groups is 3. The van der Waals surface area contributed by atoms with Crippen molar-refractivity contribution >= 4 is 23.6 Å². The molecule has 2 aromatic rings. The van der Waals surface area contributed by atoms with E-state index < -0.39 is 35.6 Å². The fourth-order valence-electron chi connectivity index (χ4n) is 4.59. The molecule has 2 rings (SSSR count). The second-order valence-electron chi connectivity index (χ2n) is 12.3. The summed E-state index contributed by atoms with van der Waals surface area (Å²) in [5, 5.41) is 5.74. The fourth-order valence-corrected chi connectivity index (χ4v) is 4.59. The normalized spacial score (nSPS) is 13.5. The lowest BCUT2D eigenvalue weighted by molar-refractivity contribution is -0.144. The minimum atomic E-state index is -1.07. The van der Waals surface area contributed by atoms with Gasteiger partial charge < -0.3 is 25.0 Å². The predicted molar refractivity (Wildman–Crippen MR) is 167 cm³/mol. The maximum absolute atomic E-state index is 14.5. The van der Waals surface area contributed by atoms with Gasteiger partial charge in [-0.3, -0.25) is 9.59 Å². The molecule has 3 amide bonds. The number of hydrogen-bond donors (Lipinski definition) is 2. The minimum absolute atomic E-state index is 0.294. The lowest BCUT2D eigenvalue weighted by atomic mass is 9.93. The van der Waals surface area contributed by atoms with Crippen LogP contribution in [0.1, 0.15) is 85.4 Å². The number of nitrogens with one attached hydrogen (secondary N) is 2. The summed E-state index contributed by atoms with van der Waals surface area (Å²) in [6.07, 6.45) is 6.66. The summed E-state index contributed by atoms with van der Waals surface area (Å²) in [6, 6.07) is 11.7. The Morgan fingerprint density at radius 2 is 1.57 bits per heavy atom. The molecule has 2 N–H and O–H groups in total. The molecule has 0 heterocycles. The first-order chi connectivity index (χ1) is 19.7. The smallest absolute Gasteiger partial charge is 0.408 e. The number of anilines is 1. The molecule has 228 valence electrons. The molecule has 2 aromatic carbocycles. The molecule has 0 saturated heterocycles. The molecule has 0 aliphatic carbocycles. The Hall–Kier alpha value is -3.99. The highest BCUT2D eigenvalue weighted by atomic mass is 16.6. The third-order valence-corrected chi connectivity index (χ3v) is 6.79. The second-order valence-corrected chi connectivity index (χ2v) is 12.3. The number of benzene rings is 2. The van der Waals surface area contributed by atoms with Crippen LogP contribution < -0.4 is 15.4 Å². The summed E-state index contributed by atoms with van der Waals surface area (Å²) in [4.78, 5) is 43.2. The fraction of sp³-hybridized carbons (Fsp3) is 0.500. The van der Waals surface area contributed by atoms with Gasteiger partial charge in [0.15, 0.2) is 0 Å². The number of nitrogens with zero attached hydrogens (tertiary/aromatic N) is 1. The van der Waals surface area contributed by atoms with Crippen LogP contribution in [0.25, 0.3) is 0 Å². The van der Waals surface area contributed by atoms with E-state index in [2.05, 4.69) is 30.4 Å². The molecule has 8 heteroatoms. The van der Waals surface area contributed by atoms with Gasteiger partial charge >= 0.3 is 6.09 Å². The number of ether oxygens (including phenoxy) is 2. The first-order valence-corrected chi connectivity index (χ1v) is 14.5. The summed E-state index contributed by atoms with van der Waals surface area (Å²) < 4.78 is 10.7. The molecular formula is C34H47N3O5. The number of hydrogen-bond acceptors (Lipinski definition) is 5. The SMILES string of the molecule is C#Cc1ccccc1C(C(=O)Nc1ccc(OC)cc1)N(C(=O)C(NC(=O)OC(C)(C)C)C(C)C)C(C)CCC(C)C. The van der Waals surface area contributed by atoms with Gasteiger partial charge in [-0.15, -0.1) is 6.42 Å². The van der Waals surface area contributed by atoms with Crippen molar-refractivity contribution in [1.82, 2.24) is 10.2 Å². The van der Waals surface area contributed by atoms with E-state index in [0.29, 0.717) is 34.9 Å². The van der Waals surface area contributed by atoms with Crippen molar-refractivity contribution in [3.63, 3.8) is 0 Å². The molecule has 0 bridgehead atoms. The molecule has 0 radical (unpaired) electrons. The maximum atomic E-state index is 14.5. The third-order valence-electron chi connectivity index (χ3n) is 6.79. The van der Waals surface area contributed by atoms with Crippen molar-refractivity contribution in [2.75, 3.05) is 12.4 Å². The molecule has 0 aliphatic rings. The highest BCUT2D eigenvalue weighted by molar-refractivity contribution is 5.99. The Balaban J connectivity index is 2.67. The maximum Gasteiger partial charge on any atom is 0.408 e. The van der Waals surface area contributed by atoms with Crippen molar-refractivity contribution in [1.29, 1.82) is 0 Å². The van der Waals surface area contributed by atoms with Gasteiger partial charge in [0.25, 0.3) is 5.91 Å². The van der Waals surface area contributed by atoms with Crippen LogP contribution in [0.4, 0.5) is 10.5 Å². The molecule has 0 aliphatic heterocycles. The van der Waals surface area contributed by atoms with Gasteiger partial charge in [0.2, 0.25) is 5.91 Å². The molecule has 0 aromatic heterocycles. The van der Waals surface area contributed by atoms with Crippen LogP contribution in [0, 0.1) is 24.2 Å². The van der Waals surface area contributed by atoms with Crippen LogP contribution >= 0.6 is 0 Å². The van der Waals surface area contributed by atoms with Gasteiger partial charge in [-0.25, -0.2) is 4.79 Å². The van der Waals surface area contributed by atoms with Crippen LogP contribution in [0.2, 0.25) is 0 Å². The Labute approximate surface area is 251 Å². The highest BCUT2D eigenvalue weighted by Crippen LogP contribution is 2.31. The largest absolute Gasteiger partial charge is 0.497 e. The zero-order chi connectivity index (χ0) is 31.6. The topological polar surface area (TPSA) is 97.0 Å². The van der Waals surface area contributed by atoms with Crippen molar-refractivity contribution in [2.24, 2.45) is 11.8 Å². The van der Waals surface area contributed by atoms with E-state index in [1.807, 2.05) is 20.8 Å². The Morgan fingerprint density at radius 1 is 0.952 bits per heavy atom. The predicted octanol–water partition coefficient (Wildman–Crippen LogP) is 6.56. The molecule has 0 saturated carbocycles. The van der Waals surface area contributed by atoms with E-state index >= 15 is 0 Å². The summed E-state index contributed by atoms with van der Waals surface area (Å²) >= 11 is 0. The van der Waals surface area contributed by atoms with E-state index in [1.165, 1.54) is 0 Å². The van der Waals surface area contributed by atoms with Crippen molar-refractivity contribution in [3.05, 3.63) is 59.7 Å². The van der Waals surface area contributed by atoms with Crippen LogP contribution in [-0.2, 0) is 14.3 Å². The second kappa shape index (κ2) is 15.3. The van der Waals surface area contributed by atoms with Crippen molar-refractivity contribution in [2.45, 2.75) is 92.0 Å². The zero-order valence-corrected chi connectivity index (χ0v) is 26.5. The molecule has 0 spiro atoms. The van der Waals surface area contributed by atoms with Gasteiger partial charge in [-0.1, -0.05) is 51.8 Å². The molecule has 42 heavy (non-hydrogen) atoms. The molecule has 3 atom stereocenters. The first kappa shape index (κ1) is 34.2. The number of methoxy groups -OCH3 is 1. The molecule has 8 nitrogen and oxygen atoms in total. The standard InChI is InChI=1S/C34H47N3O5/c1-11-25-14-12-13-15-28(25)30(31(38)35-26-18-20-27(41-10)21-19-26)37(24(6)17-16-22(2)3)32(39)29(23(4)5)36-33(40)42-34(7,8)9/h1,12-15,18-24,29-30H,16-17H2,2-10H3,(H,35,38)(H,36,40). The summed E-state index contributed by atoms with van der Waals surface area (Å²) in [7, 11) is 1.57. The Kier molecular flexibility index (Phi) is 12.5. The summed E-state index contributed by atoms with van der Waals surface area (Å²) in [5.74, 6) is 2.60. The molecule has 3 unspecified atom stereocenters. The highest BCUT2D eigenvalue weighted by Gasteiger charge is 2.40. The van der Waals surface area contributed by atoms with Gasteiger partial charge in [0.05, 0.1) is 7.11 Å². The quantitative estimate of drug-likeness (QED) is 0.279. The van der Waals surface area contributed by atoms with Gasteiger partial charge in [0.1, 0.15) is 23.4 Å². The number of amides is 3. The van der Waals surface area contributed by atoms with Crippen LogP contribution in [0.3, 0.4) is 0 Å². The average molecular weight is 578 g/mol. The van der Waals surface area contributed by atoms with E-state index in [4.69, 9.17) is 15.9 Å². The lowest BCUT2D eigenvalue weighted by Crippen LogP contribution is -2.56. The van der Waals surface area contributed by atoms with E-state index in [-0.39, 0.29) is 12.0 Å². The summed E-state index contributed by atoms with van der Waals surface area (Å²) in [6.45, 7) is 15.1. The number of rotatable bonds is 12. The van der Waals surface area contributed by atoms with Crippen LogP contribution in [0.5, 0.6) is 5.75 Å². The van der Waals surface area contributed by atoms with Crippen LogP contribution in [-0.4, -0.2) is 47.6 Å². The third kappa shape index (κ3) is 9.83. The van der Waals surface area contributed by atoms with E-state index in [1.54, 1.807) is 81.3 Å². The number of carbonyl (C=O) groups excluding carboxylic acids is 3. The Bertz CT molecular complexity index is 1240. The minimum Gasteiger partial charge on any atom is -0.497 e. The van der Waals surface area contributed by atoms with E-state index in [9.17, 15) is 14.4 Å². The van der Waals surface area contributed by atoms with Gasteiger partial charge in [-0.2, -0.15) is 0 Å². The number of alkyl carbamates (subject to hydrolysis) is 1. The average Bonchev–Trinajstić information content (AvgIpc) is 2.92. The first-order valence-electron chi connectivity index (χ1n) is 14.5. The van der Waals surface area contributed by atoms with Crippen molar-refractivity contribution in [3.8, 4) is 18.1 Å². The van der Waals surface area contributed by atoms with E-state index in [0.717, 1.165) is 6.42 Å². The zero-order valence-electron chi connectivity index (χ0n) is 26.5. The van der Waals surface area contributed by atoms with Crippen LogP contribution in [0.15, 0.2) is 48.5 Å². The monoisotopic (exact) mass is 577 g/mol. The molecule has 0 fully saturated rings. The van der Waals surface area contributed by atoms with Gasteiger partial charge in [0, 0.05) is 17.3 Å². The summed E-state index contributed by atoms with van der Waals surface area (Å²) in [5.41, 5.74) is 0.822. The number of terminal acetylenes is 1. The van der Waals surface area contributed by atoms with Gasteiger partial charge in [-0.05, 0) is 88.3 Å². The Morgan fingerprint density at radius 3 is 2.10 bits per heavy atom. The van der Waals surface area contributed by atoms with Crippen molar-refractivity contribution < 1.29 is 23.9 Å². The lowest BCUT2D eigenvalue weighted by Gasteiger charge is -2.40.